The van der Waals surface area contributed by atoms with Crippen molar-refractivity contribution >= 4 is 17.7 Å². The Morgan fingerprint density at radius 1 is 1.09 bits per heavy atom. The lowest BCUT2D eigenvalue weighted by Gasteiger charge is -2.26. The summed E-state index contributed by atoms with van der Waals surface area (Å²) in [6, 6.07) is 10.1. The summed E-state index contributed by atoms with van der Waals surface area (Å²) in [7, 11) is 0. The molecule has 0 spiro atoms. The van der Waals surface area contributed by atoms with E-state index in [-0.39, 0.29) is 6.61 Å². The predicted molar refractivity (Wildman–Crippen MR) is 124 cm³/mol. The Morgan fingerprint density at radius 3 is 2.72 bits per heavy atom. The molecule has 1 atom stereocenters. The second kappa shape index (κ2) is 11.1. The van der Waals surface area contributed by atoms with Crippen LogP contribution < -0.4 is 15.0 Å². The minimum absolute atomic E-state index is 0.327. The molecule has 2 fully saturated rings. The SMILES string of the molecule is O=C(O)COc1ccccc1CN1CCCC1CNc1nccc(N2CCCCCC2)n1. The van der Waals surface area contributed by atoms with Crippen molar-refractivity contribution in [2.24, 2.45) is 0 Å². The summed E-state index contributed by atoms with van der Waals surface area (Å²) >= 11 is 0. The highest BCUT2D eigenvalue weighted by molar-refractivity contribution is 5.68. The number of carboxylic acids is 1. The number of anilines is 2. The minimum Gasteiger partial charge on any atom is -0.482 e. The van der Waals surface area contributed by atoms with Gasteiger partial charge in [0.15, 0.2) is 6.61 Å². The highest BCUT2D eigenvalue weighted by Gasteiger charge is 2.25. The van der Waals surface area contributed by atoms with Gasteiger partial charge in [-0.15, -0.1) is 0 Å². The molecule has 2 N–H and O–H groups in total. The standard InChI is InChI=1S/C24H33N5O3/c30-23(31)18-32-21-10-4-3-8-19(21)17-29-15-7-9-20(29)16-26-24-25-12-11-22(27-24)28-13-5-1-2-6-14-28/h3-4,8,10-12,20H,1-2,5-7,9,13-18H2,(H,30,31)(H,25,26,27). The average molecular weight is 440 g/mol. The summed E-state index contributed by atoms with van der Waals surface area (Å²) in [4.78, 5) is 24.9. The molecule has 0 saturated carbocycles. The lowest BCUT2D eigenvalue weighted by molar-refractivity contribution is -0.139. The zero-order chi connectivity index (χ0) is 22.2. The number of para-hydroxylation sites is 1. The molecule has 2 aliphatic rings. The number of benzene rings is 1. The van der Waals surface area contributed by atoms with E-state index in [0.29, 0.717) is 17.7 Å². The van der Waals surface area contributed by atoms with E-state index in [2.05, 4.69) is 20.1 Å². The third-order valence-electron chi connectivity index (χ3n) is 6.26. The molecule has 0 amide bonds. The molecule has 2 saturated heterocycles. The van der Waals surface area contributed by atoms with Gasteiger partial charge in [-0.1, -0.05) is 31.0 Å². The van der Waals surface area contributed by atoms with Crippen LogP contribution in [-0.4, -0.2) is 64.8 Å². The Balaban J connectivity index is 1.35. The minimum atomic E-state index is -0.967. The maximum absolute atomic E-state index is 10.9. The summed E-state index contributed by atoms with van der Waals surface area (Å²) < 4.78 is 5.49. The quantitative estimate of drug-likeness (QED) is 0.614. The Hall–Kier alpha value is -2.87. The summed E-state index contributed by atoms with van der Waals surface area (Å²) in [5, 5.41) is 12.4. The zero-order valence-electron chi connectivity index (χ0n) is 18.6. The highest BCUT2D eigenvalue weighted by Crippen LogP contribution is 2.25. The third kappa shape index (κ3) is 6.09. The van der Waals surface area contributed by atoms with Crippen LogP contribution in [-0.2, 0) is 11.3 Å². The van der Waals surface area contributed by atoms with Gasteiger partial charge >= 0.3 is 5.97 Å². The molecule has 3 heterocycles. The van der Waals surface area contributed by atoms with E-state index in [0.717, 1.165) is 56.9 Å². The first-order valence-corrected chi connectivity index (χ1v) is 11.7. The van der Waals surface area contributed by atoms with Crippen molar-refractivity contribution in [3.63, 3.8) is 0 Å². The Morgan fingerprint density at radius 2 is 1.91 bits per heavy atom. The molecule has 2 aliphatic heterocycles. The van der Waals surface area contributed by atoms with Crippen molar-refractivity contribution < 1.29 is 14.6 Å². The van der Waals surface area contributed by atoms with Crippen LogP contribution >= 0.6 is 0 Å². The van der Waals surface area contributed by atoms with Gasteiger partial charge in [-0.05, 0) is 44.4 Å². The molecule has 1 unspecified atom stereocenters. The first kappa shape index (κ1) is 22.3. The van der Waals surface area contributed by atoms with Crippen LogP contribution in [0.1, 0.15) is 44.1 Å². The molecular weight excluding hydrogens is 406 g/mol. The average Bonchev–Trinajstić information content (AvgIpc) is 3.06. The Labute approximate surface area is 189 Å². The predicted octanol–water partition coefficient (Wildman–Crippen LogP) is 3.40. The van der Waals surface area contributed by atoms with Gasteiger partial charge in [-0.3, -0.25) is 4.90 Å². The molecule has 4 rings (SSSR count). The number of carboxylic acid groups (broad SMARTS) is 1. The lowest BCUT2D eigenvalue weighted by atomic mass is 10.1. The number of rotatable bonds is 9. The van der Waals surface area contributed by atoms with Gasteiger partial charge in [-0.25, -0.2) is 9.78 Å². The van der Waals surface area contributed by atoms with Gasteiger partial charge in [0.1, 0.15) is 11.6 Å². The van der Waals surface area contributed by atoms with Crippen LogP contribution in [0.25, 0.3) is 0 Å². The lowest BCUT2D eigenvalue weighted by Crippen LogP contribution is -2.35. The first-order chi connectivity index (χ1) is 15.7. The molecule has 32 heavy (non-hydrogen) atoms. The topological polar surface area (TPSA) is 90.8 Å². The summed E-state index contributed by atoms with van der Waals surface area (Å²) in [6.45, 7) is 4.33. The van der Waals surface area contributed by atoms with Gasteiger partial charge in [0, 0.05) is 44.0 Å². The van der Waals surface area contributed by atoms with Gasteiger partial charge in [0.2, 0.25) is 5.95 Å². The molecule has 8 heteroatoms. The molecule has 1 aromatic carbocycles. The van der Waals surface area contributed by atoms with Crippen molar-refractivity contribution in [1.29, 1.82) is 0 Å². The van der Waals surface area contributed by atoms with Gasteiger partial charge in [-0.2, -0.15) is 4.98 Å². The molecule has 8 nitrogen and oxygen atoms in total. The van der Waals surface area contributed by atoms with Gasteiger partial charge < -0.3 is 20.1 Å². The second-order valence-corrected chi connectivity index (χ2v) is 8.58. The van der Waals surface area contributed by atoms with E-state index in [1.807, 2.05) is 36.5 Å². The maximum Gasteiger partial charge on any atom is 0.341 e. The number of aliphatic carboxylic acids is 1. The number of nitrogens with zero attached hydrogens (tertiary/aromatic N) is 4. The molecule has 0 bridgehead atoms. The van der Waals surface area contributed by atoms with Gasteiger partial charge in [0.05, 0.1) is 0 Å². The van der Waals surface area contributed by atoms with Crippen LogP contribution in [0.2, 0.25) is 0 Å². The van der Waals surface area contributed by atoms with Crippen molar-refractivity contribution in [2.45, 2.75) is 51.1 Å². The fourth-order valence-corrected chi connectivity index (χ4v) is 4.59. The van der Waals surface area contributed by atoms with Crippen LogP contribution in [0.15, 0.2) is 36.5 Å². The largest absolute Gasteiger partial charge is 0.482 e. The Bertz CT molecular complexity index is 885. The van der Waals surface area contributed by atoms with E-state index in [1.165, 1.54) is 25.7 Å². The third-order valence-corrected chi connectivity index (χ3v) is 6.26. The summed E-state index contributed by atoms with van der Waals surface area (Å²) in [5.41, 5.74) is 1.01. The Kier molecular flexibility index (Phi) is 7.77. The second-order valence-electron chi connectivity index (χ2n) is 8.58. The fraction of sp³-hybridized carbons (Fsp3) is 0.542. The van der Waals surface area contributed by atoms with E-state index < -0.39 is 5.97 Å². The number of likely N-dealkylation sites (tertiary alicyclic amines) is 1. The number of carbonyl (C=O) groups is 1. The number of nitrogens with one attached hydrogen (secondary N) is 1. The van der Waals surface area contributed by atoms with E-state index in [9.17, 15) is 4.79 Å². The molecular formula is C24H33N5O3. The van der Waals surface area contributed by atoms with Crippen molar-refractivity contribution in [2.75, 3.05) is 43.0 Å². The maximum atomic E-state index is 10.9. The van der Waals surface area contributed by atoms with Crippen LogP contribution in [0.3, 0.4) is 0 Å². The van der Waals surface area contributed by atoms with Crippen LogP contribution in [0.5, 0.6) is 5.75 Å². The number of hydrogen-bond donors (Lipinski definition) is 2. The van der Waals surface area contributed by atoms with E-state index in [4.69, 9.17) is 14.8 Å². The first-order valence-electron chi connectivity index (χ1n) is 11.7. The number of hydrogen-bond acceptors (Lipinski definition) is 7. The molecule has 0 aliphatic carbocycles. The molecule has 1 aromatic heterocycles. The molecule has 2 aromatic rings. The molecule has 172 valence electrons. The number of aromatic nitrogens is 2. The van der Waals surface area contributed by atoms with E-state index >= 15 is 0 Å². The van der Waals surface area contributed by atoms with Crippen molar-refractivity contribution in [3.05, 3.63) is 42.1 Å². The van der Waals surface area contributed by atoms with Crippen LogP contribution in [0.4, 0.5) is 11.8 Å². The highest BCUT2D eigenvalue weighted by atomic mass is 16.5. The normalized spacial score (nSPS) is 19.5. The summed E-state index contributed by atoms with van der Waals surface area (Å²) in [5.74, 6) is 1.37. The van der Waals surface area contributed by atoms with Gasteiger partial charge in [0.25, 0.3) is 0 Å². The summed E-state index contributed by atoms with van der Waals surface area (Å²) in [6.07, 6.45) is 9.14. The van der Waals surface area contributed by atoms with E-state index in [1.54, 1.807) is 0 Å². The van der Waals surface area contributed by atoms with Crippen LogP contribution in [0, 0.1) is 0 Å². The number of ether oxygens (including phenoxy) is 1. The zero-order valence-corrected chi connectivity index (χ0v) is 18.6. The van der Waals surface area contributed by atoms with Crippen molar-refractivity contribution in [3.8, 4) is 5.75 Å². The monoisotopic (exact) mass is 439 g/mol. The van der Waals surface area contributed by atoms with Crippen molar-refractivity contribution in [1.82, 2.24) is 14.9 Å². The smallest absolute Gasteiger partial charge is 0.341 e. The fourth-order valence-electron chi connectivity index (χ4n) is 4.59. The molecule has 0 radical (unpaired) electrons.